The molecule has 1 atom stereocenters. The van der Waals surface area contributed by atoms with Crippen LogP contribution in [0.1, 0.15) is 49.4 Å². The van der Waals surface area contributed by atoms with Crippen LogP contribution in [0.25, 0.3) is 0 Å². The number of ether oxygens (including phenoxy) is 1. The first-order valence-corrected chi connectivity index (χ1v) is 8.53. The van der Waals surface area contributed by atoms with Crippen LogP contribution in [0.3, 0.4) is 0 Å². The molecule has 0 bridgehead atoms. The maximum absolute atomic E-state index is 13.0. The van der Waals surface area contributed by atoms with Gasteiger partial charge in [-0.05, 0) is 36.5 Å². The lowest BCUT2D eigenvalue weighted by Gasteiger charge is -2.37. The lowest BCUT2D eigenvalue weighted by Crippen LogP contribution is -2.33. The first-order chi connectivity index (χ1) is 11.9. The molecule has 1 aliphatic carbocycles. The predicted molar refractivity (Wildman–Crippen MR) is 94.7 cm³/mol. The normalized spacial score (nSPS) is 21.4. The van der Waals surface area contributed by atoms with E-state index >= 15 is 0 Å². The fourth-order valence-corrected chi connectivity index (χ4v) is 4.02. The molecule has 130 valence electrons. The van der Waals surface area contributed by atoms with Gasteiger partial charge in [0.1, 0.15) is 5.75 Å². The van der Waals surface area contributed by atoms with Gasteiger partial charge in [-0.3, -0.25) is 4.79 Å². The number of Topliss-reactive ketones (excluding diaryl/α,β-unsaturated/α-hetero) is 1. The summed E-state index contributed by atoms with van der Waals surface area (Å²) >= 11 is 0. The third kappa shape index (κ3) is 2.54. The number of anilines is 1. The first-order valence-electron chi connectivity index (χ1n) is 8.53. The molecule has 0 saturated carbocycles. The third-order valence-electron chi connectivity index (χ3n) is 5.10. The average Bonchev–Trinajstić information content (AvgIpc) is 2.92. The smallest absolute Gasteiger partial charge is 0.233 e. The van der Waals surface area contributed by atoms with Crippen molar-refractivity contribution in [2.45, 2.75) is 39.5 Å². The Kier molecular flexibility index (Phi) is 3.49. The number of benzene rings is 1. The van der Waals surface area contributed by atoms with Crippen LogP contribution >= 0.6 is 0 Å². The Labute approximate surface area is 147 Å². The Balaban J connectivity index is 1.93. The third-order valence-corrected chi connectivity index (χ3v) is 5.10. The van der Waals surface area contributed by atoms with E-state index < -0.39 is 0 Å². The number of hydrogen-bond acceptors (Lipinski definition) is 5. The van der Waals surface area contributed by atoms with Crippen LogP contribution in [0, 0.1) is 12.3 Å². The van der Waals surface area contributed by atoms with E-state index in [4.69, 9.17) is 9.26 Å². The Bertz CT molecular complexity index is 892. The van der Waals surface area contributed by atoms with Crippen molar-refractivity contribution in [2.75, 3.05) is 12.4 Å². The summed E-state index contributed by atoms with van der Waals surface area (Å²) in [7, 11) is 1.65. The largest absolute Gasteiger partial charge is 0.497 e. The summed E-state index contributed by atoms with van der Waals surface area (Å²) in [4.78, 5) is 13.0. The first kappa shape index (κ1) is 15.9. The molecule has 5 nitrogen and oxygen atoms in total. The number of hydrogen-bond donors (Lipinski definition) is 1. The maximum atomic E-state index is 13.0. The highest BCUT2D eigenvalue weighted by Crippen LogP contribution is 2.50. The molecule has 1 aromatic carbocycles. The van der Waals surface area contributed by atoms with Gasteiger partial charge in [0, 0.05) is 23.6 Å². The van der Waals surface area contributed by atoms with Gasteiger partial charge in [-0.15, -0.1) is 0 Å². The molecule has 2 aromatic rings. The van der Waals surface area contributed by atoms with Gasteiger partial charge in [-0.2, -0.15) is 0 Å². The highest BCUT2D eigenvalue weighted by Gasteiger charge is 2.42. The molecule has 1 aliphatic heterocycles. The summed E-state index contributed by atoms with van der Waals surface area (Å²) in [5, 5.41) is 7.46. The van der Waals surface area contributed by atoms with E-state index in [-0.39, 0.29) is 17.1 Å². The van der Waals surface area contributed by atoms with Crippen molar-refractivity contribution < 1.29 is 14.1 Å². The predicted octanol–water partition coefficient (Wildman–Crippen LogP) is 4.19. The van der Waals surface area contributed by atoms with Crippen LogP contribution in [-0.2, 0) is 4.79 Å². The van der Waals surface area contributed by atoms with Gasteiger partial charge in [-0.25, -0.2) is 0 Å². The maximum Gasteiger partial charge on any atom is 0.233 e. The number of fused-ring (bicyclic) bond motifs is 1. The number of aromatic nitrogens is 1. The number of carbonyl (C=O) groups is 1. The van der Waals surface area contributed by atoms with Gasteiger partial charge in [-0.1, -0.05) is 31.1 Å². The molecule has 0 fully saturated rings. The molecule has 4 rings (SSSR count). The van der Waals surface area contributed by atoms with E-state index in [0.29, 0.717) is 12.3 Å². The molecule has 0 saturated heterocycles. The number of nitrogens with zero attached hydrogens (tertiary/aromatic N) is 1. The fourth-order valence-electron chi connectivity index (χ4n) is 4.02. The van der Waals surface area contributed by atoms with Crippen LogP contribution in [-0.4, -0.2) is 18.0 Å². The van der Waals surface area contributed by atoms with E-state index in [0.717, 1.165) is 40.3 Å². The molecular weight excluding hydrogens is 316 g/mol. The van der Waals surface area contributed by atoms with Gasteiger partial charge < -0.3 is 14.6 Å². The topological polar surface area (TPSA) is 64.4 Å². The molecule has 2 heterocycles. The highest BCUT2D eigenvalue weighted by molar-refractivity contribution is 6.01. The number of methoxy groups -OCH3 is 1. The minimum absolute atomic E-state index is 0.0611. The zero-order chi connectivity index (χ0) is 17.8. The summed E-state index contributed by atoms with van der Waals surface area (Å²) < 4.78 is 10.9. The van der Waals surface area contributed by atoms with Crippen LogP contribution < -0.4 is 10.1 Å². The molecule has 5 heteroatoms. The van der Waals surface area contributed by atoms with Crippen LogP contribution in [0.15, 0.2) is 40.1 Å². The number of nitrogens with one attached hydrogen (secondary N) is 1. The van der Waals surface area contributed by atoms with Crippen LogP contribution in [0.4, 0.5) is 5.88 Å². The van der Waals surface area contributed by atoms with Crippen molar-refractivity contribution in [3.8, 4) is 5.75 Å². The second-order valence-corrected chi connectivity index (χ2v) is 7.68. The van der Waals surface area contributed by atoms with Crippen molar-refractivity contribution >= 4 is 11.7 Å². The van der Waals surface area contributed by atoms with Crippen LogP contribution in [0.2, 0.25) is 0 Å². The molecule has 25 heavy (non-hydrogen) atoms. The monoisotopic (exact) mass is 338 g/mol. The Morgan fingerprint density at radius 1 is 1.32 bits per heavy atom. The minimum atomic E-state index is -0.170. The number of carbonyl (C=O) groups excluding carboxylic acids is 1. The summed E-state index contributed by atoms with van der Waals surface area (Å²) in [5.74, 6) is 1.45. The zero-order valence-corrected chi connectivity index (χ0v) is 15.0. The van der Waals surface area contributed by atoms with Gasteiger partial charge >= 0.3 is 0 Å². The van der Waals surface area contributed by atoms with E-state index in [2.05, 4.69) is 24.3 Å². The zero-order valence-electron chi connectivity index (χ0n) is 15.0. The second-order valence-electron chi connectivity index (χ2n) is 7.68. The van der Waals surface area contributed by atoms with Crippen LogP contribution in [0.5, 0.6) is 5.75 Å². The minimum Gasteiger partial charge on any atom is -0.497 e. The van der Waals surface area contributed by atoms with Crippen molar-refractivity contribution in [1.82, 2.24) is 5.16 Å². The number of rotatable bonds is 2. The number of ketones is 1. The van der Waals surface area contributed by atoms with E-state index in [1.807, 2.05) is 31.2 Å². The SMILES string of the molecule is COc1cccc(C2C3=C(CC(C)(C)CC3=O)Nc3onc(C)c32)c1. The van der Waals surface area contributed by atoms with Gasteiger partial charge in [0.25, 0.3) is 0 Å². The lowest BCUT2D eigenvalue weighted by molar-refractivity contribution is -0.118. The van der Waals surface area contributed by atoms with E-state index in [1.54, 1.807) is 7.11 Å². The van der Waals surface area contributed by atoms with Crippen molar-refractivity contribution in [1.29, 1.82) is 0 Å². The summed E-state index contributed by atoms with van der Waals surface area (Å²) in [6.45, 7) is 6.16. The standard InChI is InChI=1S/C20H22N2O3/c1-11-16-17(12-6-5-7-13(8-12)24-4)18-14(21-19(16)25-22-11)9-20(2,3)10-15(18)23/h5-8,17,21H,9-10H2,1-4H3. The Morgan fingerprint density at radius 2 is 2.12 bits per heavy atom. The lowest BCUT2D eigenvalue weighted by atomic mass is 9.69. The van der Waals surface area contributed by atoms with Crippen molar-refractivity contribution in [3.63, 3.8) is 0 Å². The highest BCUT2D eigenvalue weighted by atomic mass is 16.5. The summed E-state index contributed by atoms with van der Waals surface area (Å²) in [6, 6.07) is 7.89. The average molecular weight is 338 g/mol. The van der Waals surface area contributed by atoms with Gasteiger partial charge in [0.2, 0.25) is 5.88 Å². The molecule has 1 unspecified atom stereocenters. The Hall–Kier alpha value is -2.56. The molecule has 1 aromatic heterocycles. The molecular formula is C20H22N2O3. The molecule has 0 radical (unpaired) electrons. The van der Waals surface area contributed by atoms with E-state index in [9.17, 15) is 4.79 Å². The van der Waals surface area contributed by atoms with Crippen molar-refractivity contribution in [2.24, 2.45) is 5.41 Å². The molecule has 1 N–H and O–H groups in total. The van der Waals surface area contributed by atoms with E-state index in [1.165, 1.54) is 0 Å². The molecule has 2 aliphatic rings. The number of aryl methyl sites for hydroxylation is 1. The van der Waals surface area contributed by atoms with Gasteiger partial charge in [0.15, 0.2) is 5.78 Å². The summed E-state index contributed by atoms with van der Waals surface area (Å²) in [5.41, 5.74) is 4.51. The van der Waals surface area contributed by atoms with Gasteiger partial charge in [0.05, 0.1) is 18.4 Å². The number of allylic oxidation sites excluding steroid dienone is 2. The fraction of sp³-hybridized carbons (Fsp3) is 0.400. The molecule has 0 spiro atoms. The molecule has 0 amide bonds. The quantitative estimate of drug-likeness (QED) is 0.889. The summed E-state index contributed by atoms with van der Waals surface area (Å²) in [6.07, 6.45) is 1.36. The second kappa shape index (κ2) is 5.48. The van der Waals surface area contributed by atoms with Crippen molar-refractivity contribution in [3.05, 3.63) is 52.4 Å². The Morgan fingerprint density at radius 3 is 2.88 bits per heavy atom.